The predicted octanol–water partition coefficient (Wildman–Crippen LogP) is 3.81. The van der Waals surface area contributed by atoms with Crippen LogP contribution in [0.15, 0.2) is 58.3 Å². The summed E-state index contributed by atoms with van der Waals surface area (Å²) in [4.78, 5) is 2.29. The van der Waals surface area contributed by atoms with Crippen molar-refractivity contribution in [1.82, 2.24) is 0 Å². The van der Waals surface area contributed by atoms with Crippen molar-refractivity contribution in [2.45, 2.75) is 28.2 Å². The maximum atomic E-state index is 11.3. The van der Waals surface area contributed by atoms with E-state index >= 15 is 0 Å². The molecule has 2 aromatic carbocycles. The molecule has 0 radical (unpaired) electrons. The molecule has 3 heteroatoms. The average Bonchev–Trinajstić information content (AvgIpc) is 2.48. The summed E-state index contributed by atoms with van der Waals surface area (Å²) in [5.74, 6) is 0. The number of rotatable bonds is 4. The Morgan fingerprint density at radius 2 is 1.55 bits per heavy atom. The molecule has 104 valence electrons. The minimum atomic E-state index is -0.906. The molecule has 0 spiro atoms. The van der Waals surface area contributed by atoms with Gasteiger partial charge in [0.25, 0.3) is 0 Å². The van der Waals surface area contributed by atoms with Crippen molar-refractivity contribution < 1.29 is 9.84 Å². The van der Waals surface area contributed by atoms with Gasteiger partial charge in [0.05, 0.1) is 0 Å². The number of aliphatic hydroxyl groups is 1. The lowest BCUT2D eigenvalue weighted by atomic mass is 9.82. The summed E-state index contributed by atoms with van der Waals surface area (Å²) in [5, 5.41) is 11.3. The monoisotopic (exact) mass is 286 g/mol. The molecule has 1 aliphatic heterocycles. The Kier molecular flexibility index (Phi) is 3.83. The quantitative estimate of drug-likeness (QED) is 0.867. The first kappa shape index (κ1) is 13.7. The number of hydrogen-bond donors (Lipinski definition) is 1. The Hall–Kier alpha value is -1.29. The maximum Gasteiger partial charge on any atom is 0.117 e. The molecule has 20 heavy (non-hydrogen) atoms. The molecule has 3 rings (SSSR count). The summed E-state index contributed by atoms with van der Waals surface area (Å²) in [7, 11) is 1.70. The van der Waals surface area contributed by atoms with Crippen molar-refractivity contribution in [3.8, 4) is 0 Å². The Morgan fingerprint density at radius 3 is 2.10 bits per heavy atom. The van der Waals surface area contributed by atoms with E-state index in [1.807, 2.05) is 36.4 Å². The highest BCUT2D eigenvalue weighted by Crippen LogP contribution is 2.49. The number of ether oxygens (including phenoxy) is 1. The van der Waals surface area contributed by atoms with E-state index in [0.717, 1.165) is 27.3 Å². The van der Waals surface area contributed by atoms with Gasteiger partial charge in [0.2, 0.25) is 0 Å². The van der Waals surface area contributed by atoms with Crippen molar-refractivity contribution in [1.29, 1.82) is 0 Å². The molecule has 0 saturated carbocycles. The molecule has 2 aromatic rings. The first-order chi connectivity index (χ1) is 9.75. The summed E-state index contributed by atoms with van der Waals surface area (Å²) < 4.78 is 5.14. The normalized spacial score (nSPS) is 15.5. The molecule has 2 nitrogen and oxygen atoms in total. The van der Waals surface area contributed by atoms with E-state index in [2.05, 4.69) is 12.1 Å². The maximum absolute atomic E-state index is 11.3. The molecule has 0 aromatic heterocycles. The number of methoxy groups -OCH3 is 1. The van der Waals surface area contributed by atoms with Crippen molar-refractivity contribution in [3.63, 3.8) is 0 Å². The Bertz CT molecular complexity index is 564. The number of fused-ring (bicyclic) bond motifs is 2. The zero-order valence-electron chi connectivity index (χ0n) is 11.5. The highest BCUT2D eigenvalue weighted by molar-refractivity contribution is 7.99. The fourth-order valence-electron chi connectivity index (χ4n) is 2.80. The van der Waals surface area contributed by atoms with E-state index < -0.39 is 5.60 Å². The van der Waals surface area contributed by atoms with Gasteiger partial charge in [-0.05, 0) is 25.0 Å². The van der Waals surface area contributed by atoms with Crippen LogP contribution in [-0.4, -0.2) is 18.8 Å². The van der Waals surface area contributed by atoms with Crippen LogP contribution in [0.25, 0.3) is 0 Å². The van der Waals surface area contributed by atoms with Crippen LogP contribution in [0.1, 0.15) is 24.0 Å². The van der Waals surface area contributed by atoms with E-state index in [1.165, 1.54) is 0 Å². The molecule has 1 N–H and O–H groups in total. The minimum Gasteiger partial charge on any atom is -0.385 e. The Morgan fingerprint density at radius 1 is 1.00 bits per heavy atom. The molecule has 0 bridgehead atoms. The van der Waals surface area contributed by atoms with Crippen LogP contribution >= 0.6 is 11.8 Å². The molecule has 1 aliphatic rings. The van der Waals surface area contributed by atoms with Gasteiger partial charge in [-0.15, -0.1) is 0 Å². The molecule has 0 unspecified atom stereocenters. The van der Waals surface area contributed by atoms with Gasteiger partial charge in [-0.2, -0.15) is 0 Å². The lowest BCUT2D eigenvalue weighted by Gasteiger charge is -2.36. The summed E-state index contributed by atoms with van der Waals surface area (Å²) in [5.41, 5.74) is 1.12. The topological polar surface area (TPSA) is 29.5 Å². The molecule has 0 atom stereocenters. The van der Waals surface area contributed by atoms with E-state index in [9.17, 15) is 5.11 Å². The molecule has 0 aliphatic carbocycles. The van der Waals surface area contributed by atoms with Gasteiger partial charge in [-0.25, -0.2) is 0 Å². The second-order valence-corrected chi connectivity index (χ2v) is 6.13. The van der Waals surface area contributed by atoms with Gasteiger partial charge in [-0.3, -0.25) is 0 Å². The van der Waals surface area contributed by atoms with Crippen LogP contribution in [0.4, 0.5) is 0 Å². The first-order valence-electron chi connectivity index (χ1n) is 6.84. The van der Waals surface area contributed by atoms with Crippen LogP contribution in [0.2, 0.25) is 0 Å². The van der Waals surface area contributed by atoms with Crippen LogP contribution in [0, 0.1) is 0 Å². The van der Waals surface area contributed by atoms with E-state index in [0.29, 0.717) is 13.0 Å². The van der Waals surface area contributed by atoms with Gasteiger partial charge < -0.3 is 9.84 Å². The van der Waals surface area contributed by atoms with Crippen molar-refractivity contribution in [2.24, 2.45) is 0 Å². The number of benzene rings is 2. The van der Waals surface area contributed by atoms with Crippen molar-refractivity contribution in [2.75, 3.05) is 13.7 Å². The Labute approximate surface area is 123 Å². The number of hydrogen-bond acceptors (Lipinski definition) is 3. The first-order valence-corrected chi connectivity index (χ1v) is 7.65. The lowest BCUT2D eigenvalue weighted by Crippen LogP contribution is -2.31. The fourth-order valence-corrected chi connectivity index (χ4v) is 4.02. The average molecular weight is 286 g/mol. The molecule has 0 fully saturated rings. The highest BCUT2D eigenvalue weighted by Gasteiger charge is 2.38. The second kappa shape index (κ2) is 5.60. The van der Waals surface area contributed by atoms with Gasteiger partial charge in [-0.1, -0.05) is 48.2 Å². The molecular weight excluding hydrogens is 268 g/mol. The molecule has 1 heterocycles. The van der Waals surface area contributed by atoms with Gasteiger partial charge >= 0.3 is 0 Å². The molecular formula is C17H18O2S. The van der Waals surface area contributed by atoms with Crippen molar-refractivity contribution in [3.05, 3.63) is 59.7 Å². The van der Waals surface area contributed by atoms with Crippen LogP contribution < -0.4 is 0 Å². The van der Waals surface area contributed by atoms with E-state index in [-0.39, 0.29) is 0 Å². The predicted molar refractivity (Wildman–Crippen MR) is 81.1 cm³/mol. The molecule has 0 saturated heterocycles. The minimum absolute atomic E-state index is 0.666. The highest BCUT2D eigenvalue weighted by atomic mass is 32.2. The van der Waals surface area contributed by atoms with Crippen molar-refractivity contribution >= 4 is 11.8 Å². The van der Waals surface area contributed by atoms with Crippen LogP contribution in [0.5, 0.6) is 0 Å². The van der Waals surface area contributed by atoms with Crippen LogP contribution in [0.3, 0.4) is 0 Å². The van der Waals surface area contributed by atoms with Crippen LogP contribution in [-0.2, 0) is 10.3 Å². The second-order valence-electron chi connectivity index (χ2n) is 5.05. The van der Waals surface area contributed by atoms with Gasteiger partial charge in [0.1, 0.15) is 5.60 Å². The van der Waals surface area contributed by atoms with Gasteiger partial charge in [0.15, 0.2) is 0 Å². The Balaban J connectivity index is 2.07. The third-order valence-electron chi connectivity index (χ3n) is 3.77. The summed E-state index contributed by atoms with van der Waals surface area (Å²) in [6.07, 6.45) is 1.51. The third kappa shape index (κ3) is 2.26. The fraction of sp³-hybridized carbons (Fsp3) is 0.294. The lowest BCUT2D eigenvalue weighted by molar-refractivity contribution is 0.0526. The smallest absolute Gasteiger partial charge is 0.117 e. The summed E-state index contributed by atoms with van der Waals surface area (Å²) in [6, 6.07) is 16.3. The SMILES string of the molecule is COCCCC1(O)c2ccccc2Sc2ccccc21. The van der Waals surface area contributed by atoms with E-state index in [4.69, 9.17) is 4.74 Å². The third-order valence-corrected chi connectivity index (χ3v) is 4.92. The largest absolute Gasteiger partial charge is 0.385 e. The summed E-state index contributed by atoms with van der Waals surface area (Å²) in [6.45, 7) is 0.666. The zero-order chi connectivity index (χ0) is 14.0. The molecule has 0 amide bonds. The van der Waals surface area contributed by atoms with Gasteiger partial charge in [0, 0.05) is 34.6 Å². The summed E-state index contributed by atoms with van der Waals surface area (Å²) >= 11 is 1.73. The standard InChI is InChI=1S/C17H18O2S/c1-19-12-6-11-17(18)13-7-2-4-9-15(13)20-16-10-5-3-8-14(16)17/h2-5,7-10,18H,6,11-12H2,1H3. The zero-order valence-corrected chi connectivity index (χ0v) is 12.3. The van der Waals surface area contributed by atoms with E-state index in [1.54, 1.807) is 18.9 Å².